The number of nitrogens with one attached hydrogen (secondary N) is 2. The fraction of sp³-hybridized carbons (Fsp3) is 0.636. The molecule has 1 unspecified atom stereocenters. The lowest BCUT2D eigenvalue weighted by Crippen LogP contribution is -2.39. The number of carbonyl (C=O) groups excluding carboxylic acids is 1. The minimum Gasteiger partial charge on any atom is -0.369 e. The lowest BCUT2D eigenvalue weighted by Gasteiger charge is -2.30. The summed E-state index contributed by atoms with van der Waals surface area (Å²) in [5, 5.41) is 6.78. The van der Waals surface area contributed by atoms with Gasteiger partial charge in [-0.25, -0.2) is 0 Å². The highest BCUT2D eigenvalue weighted by Crippen LogP contribution is 2.17. The number of amides is 1. The number of hydrogen-bond acceptors (Lipinski definition) is 3. The Morgan fingerprint density at radius 3 is 2.57 bits per heavy atom. The van der Waals surface area contributed by atoms with Gasteiger partial charge in [-0.05, 0) is 57.8 Å². The van der Waals surface area contributed by atoms with Crippen molar-refractivity contribution in [2.75, 3.05) is 39.3 Å². The monoisotopic (exact) mass is 387 g/mol. The molecule has 1 amide bonds. The van der Waals surface area contributed by atoms with Gasteiger partial charge in [0, 0.05) is 31.5 Å². The molecule has 2 rings (SSSR count). The Labute approximate surface area is 170 Å². The van der Waals surface area contributed by atoms with E-state index in [2.05, 4.69) is 53.6 Å². The van der Waals surface area contributed by atoms with Crippen molar-refractivity contribution in [3.8, 4) is 0 Å². The number of unbranched alkanes of at least 4 members (excludes halogenated alkanes) is 1. The molecule has 0 saturated carbocycles. The molecule has 1 heterocycles. The van der Waals surface area contributed by atoms with Gasteiger partial charge in [0.2, 0.25) is 5.91 Å². The zero-order valence-electron chi connectivity index (χ0n) is 17.5. The molecule has 1 aliphatic rings. The SMILES string of the molecule is CCNC(=NCC(C)c1ccccc1)NCCCCN1CCC(C(N)=O)CC1. The first-order chi connectivity index (χ1) is 13.6. The van der Waals surface area contributed by atoms with Crippen LogP contribution in [0.2, 0.25) is 0 Å². The topological polar surface area (TPSA) is 82.8 Å². The second-order valence-corrected chi connectivity index (χ2v) is 7.68. The van der Waals surface area contributed by atoms with Gasteiger partial charge < -0.3 is 21.3 Å². The van der Waals surface area contributed by atoms with E-state index in [1.54, 1.807) is 0 Å². The average Bonchev–Trinajstić information content (AvgIpc) is 2.72. The van der Waals surface area contributed by atoms with E-state index in [1.807, 2.05) is 6.07 Å². The number of nitrogens with two attached hydrogens (primary N) is 1. The van der Waals surface area contributed by atoms with Crippen LogP contribution in [-0.4, -0.2) is 56.0 Å². The summed E-state index contributed by atoms with van der Waals surface area (Å²) in [5.41, 5.74) is 6.72. The van der Waals surface area contributed by atoms with E-state index in [1.165, 1.54) is 5.56 Å². The smallest absolute Gasteiger partial charge is 0.220 e. The molecule has 0 aliphatic carbocycles. The molecule has 1 aliphatic heterocycles. The molecule has 0 radical (unpaired) electrons. The minimum atomic E-state index is -0.138. The summed E-state index contributed by atoms with van der Waals surface area (Å²) in [7, 11) is 0. The molecule has 156 valence electrons. The molecule has 6 nitrogen and oxygen atoms in total. The molecular formula is C22H37N5O. The Kier molecular flexibility index (Phi) is 9.83. The Morgan fingerprint density at radius 1 is 1.21 bits per heavy atom. The van der Waals surface area contributed by atoms with Gasteiger partial charge in [-0.2, -0.15) is 0 Å². The third kappa shape index (κ3) is 7.89. The molecule has 0 bridgehead atoms. The third-order valence-electron chi connectivity index (χ3n) is 5.42. The van der Waals surface area contributed by atoms with Crippen LogP contribution in [0, 0.1) is 5.92 Å². The van der Waals surface area contributed by atoms with Gasteiger partial charge in [0.1, 0.15) is 0 Å². The molecule has 0 aromatic heterocycles. The van der Waals surface area contributed by atoms with E-state index in [0.717, 1.165) is 70.9 Å². The van der Waals surface area contributed by atoms with Crippen LogP contribution in [0.3, 0.4) is 0 Å². The fourth-order valence-corrected chi connectivity index (χ4v) is 3.57. The van der Waals surface area contributed by atoms with Crippen molar-refractivity contribution in [2.24, 2.45) is 16.6 Å². The van der Waals surface area contributed by atoms with Crippen molar-refractivity contribution in [3.63, 3.8) is 0 Å². The molecular weight excluding hydrogens is 350 g/mol. The summed E-state index contributed by atoms with van der Waals surface area (Å²) in [4.78, 5) is 18.4. The number of guanidine groups is 1. The van der Waals surface area contributed by atoms with Gasteiger partial charge in [-0.3, -0.25) is 9.79 Å². The highest BCUT2D eigenvalue weighted by atomic mass is 16.1. The quantitative estimate of drug-likeness (QED) is 0.327. The fourth-order valence-electron chi connectivity index (χ4n) is 3.57. The van der Waals surface area contributed by atoms with Gasteiger partial charge in [0.25, 0.3) is 0 Å². The van der Waals surface area contributed by atoms with Crippen LogP contribution in [-0.2, 0) is 4.79 Å². The van der Waals surface area contributed by atoms with E-state index in [4.69, 9.17) is 10.7 Å². The van der Waals surface area contributed by atoms with E-state index in [9.17, 15) is 4.79 Å². The molecule has 1 aromatic rings. The number of aliphatic imine (C=N–C) groups is 1. The Hall–Kier alpha value is -2.08. The van der Waals surface area contributed by atoms with E-state index in [0.29, 0.717) is 5.92 Å². The second kappa shape index (κ2) is 12.4. The predicted molar refractivity (Wildman–Crippen MR) is 116 cm³/mol. The largest absolute Gasteiger partial charge is 0.369 e. The normalized spacial score (nSPS) is 17.3. The average molecular weight is 388 g/mol. The maximum Gasteiger partial charge on any atom is 0.220 e. The number of piperidine rings is 1. The van der Waals surface area contributed by atoms with E-state index < -0.39 is 0 Å². The first-order valence-corrected chi connectivity index (χ1v) is 10.7. The van der Waals surface area contributed by atoms with Crippen molar-refractivity contribution in [2.45, 2.75) is 45.4 Å². The lowest BCUT2D eigenvalue weighted by molar-refractivity contribution is -0.123. The Balaban J connectivity index is 1.64. The van der Waals surface area contributed by atoms with Crippen LogP contribution < -0.4 is 16.4 Å². The van der Waals surface area contributed by atoms with E-state index in [-0.39, 0.29) is 11.8 Å². The zero-order valence-corrected chi connectivity index (χ0v) is 17.5. The molecule has 28 heavy (non-hydrogen) atoms. The number of likely N-dealkylation sites (tertiary alicyclic amines) is 1. The number of hydrogen-bond donors (Lipinski definition) is 3. The number of benzene rings is 1. The van der Waals surface area contributed by atoms with Crippen LogP contribution in [0.1, 0.15) is 51.0 Å². The van der Waals surface area contributed by atoms with E-state index >= 15 is 0 Å². The highest BCUT2D eigenvalue weighted by Gasteiger charge is 2.22. The molecule has 4 N–H and O–H groups in total. The summed E-state index contributed by atoms with van der Waals surface area (Å²) in [5.74, 6) is 1.24. The van der Waals surface area contributed by atoms with Gasteiger partial charge in [-0.1, -0.05) is 37.3 Å². The molecule has 1 fully saturated rings. The number of rotatable bonds is 10. The highest BCUT2D eigenvalue weighted by molar-refractivity contribution is 5.79. The Bertz CT molecular complexity index is 596. The maximum atomic E-state index is 11.2. The molecule has 1 saturated heterocycles. The first kappa shape index (κ1) is 22.2. The zero-order chi connectivity index (χ0) is 20.2. The van der Waals surface area contributed by atoms with Gasteiger partial charge in [-0.15, -0.1) is 0 Å². The number of nitrogens with zero attached hydrogens (tertiary/aromatic N) is 2. The third-order valence-corrected chi connectivity index (χ3v) is 5.42. The lowest BCUT2D eigenvalue weighted by atomic mass is 9.96. The Morgan fingerprint density at radius 2 is 1.93 bits per heavy atom. The van der Waals surface area contributed by atoms with Gasteiger partial charge in [0.05, 0.1) is 0 Å². The summed E-state index contributed by atoms with van der Waals surface area (Å²) < 4.78 is 0. The van der Waals surface area contributed by atoms with Crippen LogP contribution >= 0.6 is 0 Å². The van der Waals surface area contributed by atoms with Gasteiger partial charge in [0.15, 0.2) is 5.96 Å². The standard InChI is InChI=1S/C22H37N5O/c1-3-24-22(26-17-18(2)19-9-5-4-6-10-19)25-13-7-8-14-27-15-11-20(12-16-27)21(23)28/h4-6,9-10,18,20H,3,7-8,11-17H2,1-2H3,(H2,23,28)(H2,24,25,26). The molecule has 6 heteroatoms. The van der Waals surface area contributed by atoms with Gasteiger partial charge >= 0.3 is 0 Å². The van der Waals surface area contributed by atoms with Crippen molar-refractivity contribution < 1.29 is 4.79 Å². The molecule has 1 aromatic carbocycles. The number of carbonyl (C=O) groups is 1. The van der Waals surface area contributed by atoms with Crippen LogP contribution in [0.25, 0.3) is 0 Å². The summed E-state index contributed by atoms with van der Waals surface area (Å²) in [6, 6.07) is 10.5. The summed E-state index contributed by atoms with van der Waals surface area (Å²) in [6.45, 7) is 9.92. The van der Waals surface area contributed by atoms with Crippen LogP contribution in [0.15, 0.2) is 35.3 Å². The summed E-state index contributed by atoms with van der Waals surface area (Å²) in [6.07, 6.45) is 4.07. The maximum absolute atomic E-state index is 11.2. The summed E-state index contributed by atoms with van der Waals surface area (Å²) >= 11 is 0. The number of primary amides is 1. The van der Waals surface area contributed by atoms with Crippen molar-refractivity contribution in [3.05, 3.63) is 35.9 Å². The molecule has 1 atom stereocenters. The van der Waals surface area contributed by atoms with Crippen LogP contribution in [0.4, 0.5) is 0 Å². The second-order valence-electron chi connectivity index (χ2n) is 7.68. The van der Waals surface area contributed by atoms with Crippen LogP contribution in [0.5, 0.6) is 0 Å². The molecule has 0 spiro atoms. The first-order valence-electron chi connectivity index (χ1n) is 10.7. The van der Waals surface area contributed by atoms with Crippen molar-refractivity contribution >= 4 is 11.9 Å². The van der Waals surface area contributed by atoms with Crippen molar-refractivity contribution in [1.82, 2.24) is 15.5 Å². The van der Waals surface area contributed by atoms with Crippen molar-refractivity contribution in [1.29, 1.82) is 0 Å². The minimum absolute atomic E-state index is 0.0788. The predicted octanol–water partition coefficient (Wildman–Crippen LogP) is 2.32.